The number of para-hydroxylation sites is 1. The van der Waals surface area contributed by atoms with Gasteiger partial charge in [0.05, 0.1) is 11.1 Å². The molecule has 0 saturated carbocycles. The smallest absolute Gasteiger partial charge is 0.349 e. The summed E-state index contributed by atoms with van der Waals surface area (Å²) in [5.41, 5.74) is 3.20. The summed E-state index contributed by atoms with van der Waals surface area (Å²) < 4.78 is 0. The number of nitrogens with one attached hydrogen (secondary N) is 1. The molecule has 2 amide bonds. The quantitative estimate of drug-likeness (QED) is 0.730. The number of carbonyl (C=O) groups is 3. The number of nitrogens with zero attached hydrogens (tertiary/aromatic N) is 1. The van der Waals surface area contributed by atoms with Gasteiger partial charge in [-0.05, 0) is 37.1 Å². The molecule has 2 heterocycles. The van der Waals surface area contributed by atoms with Gasteiger partial charge in [-0.3, -0.25) is 9.59 Å². The van der Waals surface area contributed by atoms with Crippen LogP contribution in [0.15, 0.2) is 42.5 Å². The highest BCUT2D eigenvalue weighted by atomic mass is 16.7. The van der Waals surface area contributed by atoms with Crippen LogP contribution in [0.5, 0.6) is 0 Å². The van der Waals surface area contributed by atoms with Crippen molar-refractivity contribution in [1.29, 1.82) is 0 Å². The number of H-pyrrole nitrogens is 1. The number of carbonyl (C=O) groups excluding carboxylic acids is 3. The van der Waals surface area contributed by atoms with Gasteiger partial charge in [0, 0.05) is 10.9 Å². The Morgan fingerprint density at radius 2 is 1.60 bits per heavy atom. The number of fused-ring (bicyclic) bond motifs is 2. The van der Waals surface area contributed by atoms with E-state index in [9.17, 15) is 14.4 Å². The fourth-order valence-electron chi connectivity index (χ4n) is 3.08. The molecule has 4 rings (SSSR count). The van der Waals surface area contributed by atoms with E-state index >= 15 is 0 Å². The molecular weight excluding hydrogens is 320 g/mol. The zero-order valence-electron chi connectivity index (χ0n) is 13.6. The second-order valence-electron chi connectivity index (χ2n) is 5.95. The summed E-state index contributed by atoms with van der Waals surface area (Å²) in [6, 6.07) is 12.1. The van der Waals surface area contributed by atoms with Gasteiger partial charge in [0.15, 0.2) is 0 Å². The number of aromatic amines is 1. The first-order valence-electron chi connectivity index (χ1n) is 7.77. The van der Waals surface area contributed by atoms with Crippen LogP contribution >= 0.6 is 0 Å². The lowest BCUT2D eigenvalue weighted by atomic mass is 10.1. The topological polar surface area (TPSA) is 79.5 Å². The van der Waals surface area contributed by atoms with E-state index in [1.54, 1.807) is 19.1 Å². The number of aryl methyl sites for hydroxylation is 2. The molecule has 0 bridgehead atoms. The minimum atomic E-state index is -0.775. The van der Waals surface area contributed by atoms with Crippen LogP contribution < -0.4 is 0 Å². The second-order valence-corrected chi connectivity index (χ2v) is 5.95. The average Bonchev–Trinajstić information content (AvgIpc) is 3.07. The Balaban J connectivity index is 1.68. The van der Waals surface area contributed by atoms with Gasteiger partial charge in [-0.2, -0.15) is 0 Å². The van der Waals surface area contributed by atoms with Crippen LogP contribution in [-0.4, -0.2) is 27.8 Å². The van der Waals surface area contributed by atoms with Crippen LogP contribution in [0.1, 0.15) is 42.3 Å². The Kier molecular flexibility index (Phi) is 3.21. The first-order valence-corrected chi connectivity index (χ1v) is 7.77. The molecule has 0 radical (unpaired) electrons. The van der Waals surface area contributed by atoms with Crippen LogP contribution in [0.2, 0.25) is 0 Å². The Hall–Kier alpha value is -3.41. The number of amides is 2. The highest BCUT2D eigenvalue weighted by Crippen LogP contribution is 2.27. The van der Waals surface area contributed by atoms with Crippen molar-refractivity contribution >= 4 is 28.7 Å². The molecule has 3 aromatic rings. The minimum Gasteiger partial charge on any atom is -0.349 e. The molecule has 0 fully saturated rings. The van der Waals surface area contributed by atoms with Gasteiger partial charge in [0.25, 0.3) is 11.8 Å². The second kappa shape index (κ2) is 5.31. The lowest BCUT2D eigenvalue weighted by molar-refractivity contribution is -0.0588. The summed E-state index contributed by atoms with van der Waals surface area (Å²) in [7, 11) is 0. The molecule has 25 heavy (non-hydrogen) atoms. The summed E-state index contributed by atoms with van der Waals surface area (Å²) in [6.45, 7) is 3.72. The van der Waals surface area contributed by atoms with Crippen LogP contribution in [0.25, 0.3) is 10.9 Å². The lowest BCUT2D eigenvalue weighted by Gasteiger charge is -2.12. The van der Waals surface area contributed by atoms with Gasteiger partial charge in [0.1, 0.15) is 5.69 Å². The number of benzene rings is 2. The molecule has 6 nitrogen and oxygen atoms in total. The summed E-state index contributed by atoms with van der Waals surface area (Å²) in [5.74, 6) is -2.06. The van der Waals surface area contributed by atoms with Gasteiger partial charge in [-0.15, -0.1) is 0 Å². The van der Waals surface area contributed by atoms with E-state index in [0.29, 0.717) is 10.6 Å². The van der Waals surface area contributed by atoms with Crippen molar-refractivity contribution in [3.63, 3.8) is 0 Å². The number of hydrogen-bond acceptors (Lipinski definition) is 4. The molecule has 0 aliphatic carbocycles. The third-order valence-corrected chi connectivity index (χ3v) is 4.44. The van der Waals surface area contributed by atoms with Crippen molar-refractivity contribution < 1.29 is 19.2 Å². The molecule has 6 heteroatoms. The number of hydrogen-bond donors (Lipinski definition) is 1. The SMILES string of the molecule is Cc1c(C(=O)ON2C(=O)c3ccccc3C2=O)[nH]c2c(C)cccc12. The standard InChI is InChI=1S/C19H14N2O4/c1-10-6-5-9-12-11(2)16(20-15(10)12)19(24)25-21-17(22)13-7-3-4-8-14(13)18(21)23/h3-9,20H,1-2H3. The first kappa shape index (κ1) is 15.1. The van der Waals surface area contributed by atoms with Crippen LogP contribution in [0.4, 0.5) is 0 Å². The molecule has 1 N–H and O–H groups in total. The molecule has 1 aliphatic heterocycles. The maximum Gasteiger partial charge on any atom is 0.380 e. The van der Waals surface area contributed by atoms with Crippen molar-refractivity contribution in [3.8, 4) is 0 Å². The fourth-order valence-corrected chi connectivity index (χ4v) is 3.08. The minimum absolute atomic E-state index is 0.223. The number of imide groups is 1. The van der Waals surface area contributed by atoms with Crippen LogP contribution in [-0.2, 0) is 4.84 Å². The van der Waals surface area contributed by atoms with Crippen molar-refractivity contribution in [2.24, 2.45) is 0 Å². The Labute approximate surface area is 143 Å². The van der Waals surface area contributed by atoms with Crippen molar-refractivity contribution in [2.45, 2.75) is 13.8 Å². The van der Waals surface area contributed by atoms with Crippen molar-refractivity contribution in [1.82, 2.24) is 10.0 Å². The third kappa shape index (κ3) is 2.15. The van der Waals surface area contributed by atoms with E-state index in [0.717, 1.165) is 16.5 Å². The summed E-state index contributed by atoms with van der Waals surface area (Å²) in [5, 5.41) is 1.42. The van der Waals surface area contributed by atoms with Gasteiger partial charge < -0.3 is 9.82 Å². The predicted octanol–water partition coefficient (Wildman–Crippen LogP) is 3.15. The van der Waals surface area contributed by atoms with Crippen molar-refractivity contribution in [2.75, 3.05) is 0 Å². The maximum absolute atomic E-state index is 12.5. The largest absolute Gasteiger partial charge is 0.380 e. The van der Waals surface area contributed by atoms with Gasteiger partial charge in [0.2, 0.25) is 0 Å². The van der Waals surface area contributed by atoms with E-state index in [4.69, 9.17) is 4.84 Å². The van der Waals surface area contributed by atoms with Crippen LogP contribution in [0, 0.1) is 13.8 Å². The molecule has 0 spiro atoms. The molecule has 1 aromatic heterocycles. The third-order valence-electron chi connectivity index (χ3n) is 4.44. The molecule has 0 unspecified atom stereocenters. The molecule has 1 aliphatic rings. The Bertz CT molecular complexity index is 1030. The van der Waals surface area contributed by atoms with Crippen molar-refractivity contribution in [3.05, 3.63) is 70.4 Å². The predicted molar refractivity (Wildman–Crippen MR) is 90.1 cm³/mol. The molecular formula is C19H14N2O4. The highest BCUT2D eigenvalue weighted by Gasteiger charge is 2.39. The Morgan fingerprint density at radius 1 is 0.960 bits per heavy atom. The van der Waals surface area contributed by atoms with Crippen LogP contribution in [0.3, 0.4) is 0 Å². The fraction of sp³-hybridized carbons (Fsp3) is 0.105. The molecule has 0 saturated heterocycles. The maximum atomic E-state index is 12.5. The average molecular weight is 334 g/mol. The monoisotopic (exact) mass is 334 g/mol. The zero-order chi connectivity index (χ0) is 17.7. The van der Waals surface area contributed by atoms with E-state index in [2.05, 4.69) is 4.98 Å². The summed E-state index contributed by atoms with van der Waals surface area (Å²) >= 11 is 0. The number of hydroxylamine groups is 2. The zero-order valence-corrected chi connectivity index (χ0v) is 13.6. The van der Waals surface area contributed by atoms with Gasteiger partial charge >= 0.3 is 5.97 Å². The van der Waals surface area contributed by atoms with Gasteiger partial charge in [-0.25, -0.2) is 4.79 Å². The normalized spacial score (nSPS) is 13.4. The summed E-state index contributed by atoms with van der Waals surface area (Å²) in [6.07, 6.45) is 0. The molecule has 124 valence electrons. The number of aromatic nitrogens is 1. The van der Waals surface area contributed by atoms with E-state index in [1.165, 1.54) is 12.1 Å². The highest BCUT2D eigenvalue weighted by molar-refractivity contribution is 6.21. The molecule has 2 aromatic carbocycles. The van der Waals surface area contributed by atoms with E-state index < -0.39 is 17.8 Å². The lowest BCUT2D eigenvalue weighted by Crippen LogP contribution is -2.33. The van der Waals surface area contributed by atoms with Gasteiger partial charge in [-0.1, -0.05) is 35.4 Å². The summed E-state index contributed by atoms with van der Waals surface area (Å²) in [4.78, 5) is 45.3. The Morgan fingerprint density at radius 3 is 2.20 bits per heavy atom. The van der Waals surface area contributed by atoms with E-state index in [-0.39, 0.29) is 16.8 Å². The number of rotatable bonds is 2. The van der Waals surface area contributed by atoms with E-state index in [1.807, 2.05) is 25.1 Å². The molecule has 0 atom stereocenters. The first-order chi connectivity index (χ1) is 12.0.